The van der Waals surface area contributed by atoms with E-state index in [0.717, 1.165) is 44.0 Å². The Bertz CT molecular complexity index is 938. The van der Waals surface area contributed by atoms with Gasteiger partial charge in [0.05, 0.1) is 23.8 Å². The Morgan fingerprint density at radius 1 is 1.00 bits per heavy atom. The maximum absolute atomic E-state index is 13.9. The molecule has 0 spiro atoms. The van der Waals surface area contributed by atoms with E-state index in [1.807, 2.05) is 34.9 Å². The van der Waals surface area contributed by atoms with E-state index in [2.05, 4.69) is 9.88 Å². The Labute approximate surface area is 169 Å². The molecule has 0 radical (unpaired) electrons. The topological polar surface area (TPSA) is 41.3 Å². The highest BCUT2D eigenvalue weighted by Gasteiger charge is 2.19. The Balaban J connectivity index is 1.61. The van der Waals surface area contributed by atoms with Crippen LogP contribution in [0.5, 0.6) is 0 Å². The number of hydrogen-bond acceptors (Lipinski definition) is 3. The molecule has 0 amide bonds. The zero-order chi connectivity index (χ0) is 20.2. The molecular formula is C23H25F2N3O. The van der Waals surface area contributed by atoms with Gasteiger partial charge in [0.25, 0.3) is 0 Å². The number of aliphatic hydroxyl groups excluding tert-OH is 1. The zero-order valence-corrected chi connectivity index (χ0v) is 16.3. The molecule has 2 heterocycles. The van der Waals surface area contributed by atoms with E-state index >= 15 is 0 Å². The van der Waals surface area contributed by atoms with Crippen molar-refractivity contribution in [1.29, 1.82) is 0 Å². The summed E-state index contributed by atoms with van der Waals surface area (Å²) in [5, 5.41) is 9.84. The highest BCUT2D eigenvalue weighted by Crippen LogP contribution is 2.32. The van der Waals surface area contributed by atoms with Gasteiger partial charge in [-0.05, 0) is 44.5 Å². The van der Waals surface area contributed by atoms with Gasteiger partial charge >= 0.3 is 0 Å². The van der Waals surface area contributed by atoms with Crippen LogP contribution in [0.3, 0.4) is 0 Å². The highest BCUT2D eigenvalue weighted by atomic mass is 19.1. The molecule has 1 aliphatic heterocycles. The average Bonchev–Trinajstić information content (AvgIpc) is 3.12. The summed E-state index contributed by atoms with van der Waals surface area (Å²) in [6.07, 6.45) is 4.24. The average molecular weight is 397 g/mol. The van der Waals surface area contributed by atoms with Crippen LogP contribution < -0.4 is 0 Å². The first kappa shape index (κ1) is 19.7. The van der Waals surface area contributed by atoms with Gasteiger partial charge < -0.3 is 14.6 Å². The molecule has 1 fully saturated rings. The summed E-state index contributed by atoms with van der Waals surface area (Å²) in [5.41, 5.74) is 2.81. The number of hydrogen-bond donors (Lipinski definition) is 1. The van der Waals surface area contributed by atoms with Crippen LogP contribution in [-0.4, -0.2) is 45.3 Å². The zero-order valence-electron chi connectivity index (χ0n) is 16.3. The van der Waals surface area contributed by atoms with Crippen molar-refractivity contribution in [2.24, 2.45) is 0 Å². The Morgan fingerprint density at radius 3 is 2.48 bits per heavy atom. The minimum absolute atomic E-state index is 0.243. The van der Waals surface area contributed by atoms with Crippen LogP contribution in [0.2, 0.25) is 0 Å². The van der Waals surface area contributed by atoms with E-state index in [4.69, 9.17) is 0 Å². The summed E-state index contributed by atoms with van der Waals surface area (Å²) in [4.78, 5) is 6.83. The van der Waals surface area contributed by atoms with Crippen molar-refractivity contribution in [3.8, 4) is 22.5 Å². The fourth-order valence-corrected chi connectivity index (χ4v) is 4.05. The van der Waals surface area contributed by atoms with E-state index in [0.29, 0.717) is 30.0 Å². The number of aryl methyl sites for hydroxylation is 1. The van der Waals surface area contributed by atoms with Crippen LogP contribution in [0, 0.1) is 11.6 Å². The number of β-amino-alcohol motifs (C(OH)–C–C–N with tert-alkyl or cyclic N) is 1. The van der Waals surface area contributed by atoms with Gasteiger partial charge in [-0.15, -0.1) is 0 Å². The number of halogens is 2. The molecule has 3 aromatic rings. The Kier molecular flexibility index (Phi) is 6.02. The van der Waals surface area contributed by atoms with Gasteiger partial charge in [-0.3, -0.25) is 0 Å². The second kappa shape index (κ2) is 8.84. The van der Waals surface area contributed by atoms with Crippen molar-refractivity contribution in [3.63, 3.8) is 0 Å². The second-order valence-corrected chi connectivity index (χ2v) is 7.61. The predicted molar refractivity (Wildman–Crippen MR) is 109 cm³/mol. The van der Waals surface area contributed by atoms with Crippen LogP contribution in [0.4, 0.5) is 8.78 Å². The smallest absolute Gasteiger partial charge is 0.126 e. The second-order valence-electron chi connectivity index (χ2n) is 7.61. The molecule has 152 valence electrons. The molecular weight excluding hydrogens is 372 g/mol. The number of rotatable bonds is 6. The standard InChI is InChI=1S/C23H25F2N3O/c24-19-12-18(13-20(25)14-19)23-22(17-6-2-1-3-7-17)26-16-28(23)11-5-10-27-9-4-8-21(29)15-27/h1-3,6-7,12-14,16,21,29H,4-5,8-11,15H2/t21-/m0/s1. The van der Waals surface area contributed by atoms with Gasteiger partial charge in [-0.2, -0.15) is 0 Å². The first-order chi connectivity index (χ1) is 14.1. The molecule has 1 atom stereocenters. The predicted octanol–water partition coefficient (Wildman–Crippen LogP) is 4.34. The molecule has 1 aromatic heterocycles. The fourth-order valence-electron chi connectivity index (χ4n) is 4.05. The number of benzene rings is 2. The van der Waals surface area contributed by atoms with E-state index in [1.165, 1.54) is 12.1 Å². The lowest BCUT2D eigenvalue weighted by Crippen LogP contribution is -2.38. The van der Waals surface area contributed by atoms with Crippen molar-refractivity contribution in [2.75, 3.05) is 19.6 Å². The van der Waals surface area contributed by atoms with Crippen molar-refractivity contribution in [2.45, 2.75) is 31.9 Å². The molecule has 0 bridgehead atoms. The van der Waals surface area contributed by atoms with Crippen molar-refractivity contribution < 1.29 is 13.9 Å². The third kappa shape index (κ3) is 4.71. The molecule has 1 saturated heterocycles. The summed E-state index contributed by atoms with van der Waals surface area (Å²) in [7, 11) is 0. The molecule has 0 aliphatic carbocycles. The number of nitrogens with zero attached hydrogens (tertiary/aromatic N) is 3. The van der Waals surface area contributed by atoms with Crippen LogP contribution in [0.25, 0.3) is 22.5 Å². The monoisotopic (exact) mass is 397 g/mol. The number of likely N-dealkylation sites (tertiary alicyclic amines) is 1. The highest BCUT2D eigenvalue weighted by molar-refractivity contribution is 5.78. The lowest BCUT2D eigenvalue weighted by Gasteiger charge is -2.29. The molecule has 6 heteroatoms. The Morgan fingerprint density at radius 2 is 1.76 bits per heavy atom. The van der Waals surface area contributed by atoms with Gasteiger partial charge in [0.15, 0.2) is 0 Å². The number of imidazole rings is 1. The summed E-state index contributed by atoms with van der Waals surface area (Å²) < 4.78 is 29.8. The van der Waals surface area contributed by atoms with Crippen molar-refractivity contribution in [1.82, 2.24) is 14.5 Å². The summed E-state index contributed by atoms with van der Waals surface area (Å²) in [5.74, 6) is -1.21. The van der Waals surface area contributed by atoms with Gasteiger partial charge in [-0.25, -0.2) is 13.8 Å². The van der Waals surface area contributed by atoms with Crippen LogP contribution in [0.15, 0.2) is 54.9 Å². The third-order valence-corrected chi connectivity index (χ3v) is 5.37. The molecule has 2 aromatic carbocycles. The van der Waals surface area contributed by atoms with E-state index < -0.39 is 11.6 Å². The molecule has 1 aliphatic rings. The maximum atomic E-state index is 13.9. The van der Waals surface area contributed by atoms with E-state index in [1.54, 1.807) is 6.33 Å². The van der Waals surface area contributed by atoms with E-state index in [-0.39, 0.29) is 6.10 Å². The van der Waals surface area contributed by atoms with E-state index in [9.17, 15) is 13.9 Å². The molecule has 4 nitrogen and oxygen atoms in total. The first-order valence-corrected chi connectivity index (χ1v) is 10.1. The SMILES string of the molecule is O[C@H]1CCCN(CCCn2cnc(-c3ccccc3)c2-c2cc(F)cc(F)c2)C1. The molecule has 0 unspecified atom stereocenters. The van der Waals surface area contributed by atoms with Crippen LogP contribution in [-0.2, 0) is 6.54 Å². The molecule has 29 heavy (non-hydrogen) atoms. The maximum Gasteiger partial charge on any atom is 0.126 e. The van der Waals surface area contributed by atoms with Gasteiger partial charge in [0.2, 0.25) is 0 Å². The molecule has 0 saturated carbocycles. The normalized spacial score (nSPS) is 17.6. The lowest BCUT2D eigenvalue weighted by atomic mass is 10.0. The number of aromatic nitrogens is 2. The minimum Gasteiger partial charge on any atom is -0.392 e. The minimum atomic E-state index is -0.603. The van der Waals surface area contributed by atoms with Gasteiger partial charge in [0.1, 0.15) is 11.6 Å². The number of piperidine rings is 1. The molecule has 4 rings (SSSR count). The first-order valence-electron chi connectivity index (χ1n) is 10.1. The third-order valence-electron chi connectivity index (χ3n) is 5.37. The van der Waals surface area contributed by atoms with Gasteiger partial charge in [-0.1, -0.05) is 30.3 Å². The van der Waals surface area contributed by atoms with Crippen LogP contribution in [0.1, 0.15) is 19.3 Å². The number of aliphatic hydroxyl groups is 1. The fraction of sp³-hybridized carbons (Fsp3) is 0.348. The van der Waals surface area contributed by atoms with Gasteiger partial charge in [0, 0.05) is 30.3 Å². The van der Waals surface area contributed by atoms with Crippen LogP contribution >= 0.6 is 0 Å². The van der Waals surface area contributed by atoms with Crippen molar-refractivity contribution >= 4 is 0 Å². The Hall–Kier alpha value is -2.57. The summed E-state index contributed by atoms with van der Waals surface area (Å²) in [6, 6.07) is 13.2. The largest absolute Gasteiger partial charge is 0.392 e. The summed E-state index contributed by atoms with van der Waals surface area (Å²) in [6.45, 7) is 3.26. The summed E-state index contributed by atoms with van der Waals surface area (Å²) >= 11 is 0. The quantitative estimate of drug-likeness (QED) is 0.673. The lowest BCUT2D eigenvalue weighted by molar-refractivity contribution is 0.0695. The van der Waals surface area contributed by atoms with Crippen molar-refractivity contribution in [3.05, 3.63) is 66.5 Å². The molecule has 1 N–H and O–H groups in total.